The minimum atomic E-state index is -0.130. The summed E-state index contributed by atoms with van der Waals surface area (Å²) in [6.07, 6.45) is 6.15. The monoisotopic (exact) mass is 242 g/mol. The molecular formula is C13H26N2O2. The lowest BCUT2D eigenvalue weighted by Crippen LogP contribution is -2.43. The van der Waals surface area contributed by atoms with E-state index in [0.717, 1.165) is 13.0 Å². The van der Waals surface area contributed by atoms with Crippen LogP contribution in [0.3, 0.4) is 0 Å². The Morgan fingerprint density at radius 3 is 2.71 bits per heavy atom. The second-order valence-corrected chi connectivity index (χ2v) is 4.92. The molecule has 4 nitrogen and oxygen atoms in total. The maximum atomic E-state index is 11.5. The number of likely N-dealkylation sites (N-methyl/N-ethyl adjacent to an activating group) is 1. The molecule has 17 heavy (non-hydrogen) atoms. The minimum Gasteiger partial charge on any atom is -0.465 e. The predicted octanol–water partition coefficient (Wildman–Crippen LogP) is 1.39. The number of hydrogen-bond acceptors (Lipinski definition) is 4. The molecule has 1 aliphatic carbocycles. The summed E-state index contributed by atoms with van der Waals surface area (Å²) in [5.41, 5.74) is 5.85. The number of carbonyl (C=O) groups excluding carboxylic acids is 1. The molecule has 0 heterocycles. The zero-order valence-corrected chi connectivity index (χ0v) is 11.2. The third-order valence-electron chi connectivity index (χ3n) is 3.67. The summed E-state index contributed by atoms with van der Waals surface area (Å²) in [7, 11) is 2.01. The third kappa shape index (κ3) is 4.64. The standard InChI is InChI=1S/C13H26N2O2/c1-3-17-13(16)10-15(2)12-8-6-4-5-7-11(12)9-14/h11-12H,3-10,14H2,1-2H3. The van der Waals surface area contributed by atoms with E-state index in [1.54, 1.807) is 0 Å². The second kappa shape index (κ2) is 7.67. The molecule has 0 aromatic heterocycles. The molecule has 1 aliphatic rings. The van der Waals surface area contributed by atoms with Crippen molar-refractivity contribution in [2.45, 2.75) is 45.1 Å². The quantitative estimate of drug-likeness (QED) is 0.584. The van der Waals surface area contributed by atoms with Crippen LogP contribution in [-0.2, 0) is 9.53 Å². The van der Waals surface area contributed by atoms with Crippen LogP contribution in [0.25, 0.3) is 0 Å². The van der Waals surface area contributed by atoms with Crippen molar-refractivity contribution in [1.29, 1.82) is 0 Å². The molecule has 2 unspecified atom stereocenters. The molecule has 4 heteroatoms. The van der Waals surface area contributed by atoms with E-state index in [2.05, 4.69) is 4.90 Å². The Bertz CT molecular complexity index is 233. The van der Waals surface area contributed by atoms with Crippen LogP contribution in [0.15, 0.2) is 0 Å². The van der Waals surface area contributed by atoms with Crippen molar-refractivity contribution in [2.24, 2.45) is 11.7 Å². The summed E-state index contributed by atoms with van der Waals surface area (Å²) in [4.78, 5) is 13.6. The molecule has 1 saturated carbocycles. The summed E-state index contributed by atoms with van der Waals surface area (Å²) in [6, 6.07) is 0.437. The molecular weight excluding hydrogens is 216 g/mol. The highest BCUT2D eigenvalue weighted by Crippen LogP contribution is 2.26. The molecule has 0 radical (unpaired) electrons. The van der Waals surface area contributed by atoms with Gasteiger partial charge in [0.05, 0.1) is 13.2 Å². The first-order chi connectivity index (χ1) is 8.19. The lowest BCUT2D eigenvalue weighted by Gasteiger charge is -2.32. The van der Waals surface area contributed by atoms with Crippen LogP contribution in [0.5, 0.6) is 0 Å². The highest BCUT2D eigenvalue weighted by molar-refractivity contribution is 5.71. The lowest BCUT2D eigenvalue weighted by atomic mass is 9.94. The number of esters is 1. The zero-order valence-electron chi connectivity index (χ0n) is 11.2. The van der Waals surface area contributed by atoms with E-state index < -0.39 is 0 Å². The van der Waals surface area contributed by atoms with Crippen molar-refractivity contribution < 1.29 is 9.53 Å². The van der Waals surface area contributed by atoms with Gasteiger partial charge >= 0.3 is 5.97 Å². The van der Waals surface area contributed by atoms with Gasteiger partial charge in [-0.1, -0.05) is 19.3 Å². The number of hydrogen-bond donors (Lipinski definition) is 1. The van der Waals surface area contributed by atoms with Crippen LogP contribution < -0.4 is 5.73 Å². The summed E-state index contributed by atoms with van der Waals surface area (Å²) in [5.74, 6) is 0.395. The van der Waals surface area contributed by atoms with Gasteiger partial charge in [-0.05, 0) is 39.3 Å². The van der Waals surface area contributed by atoms with E-state index in [4.69, 9.17) is 10.5 Å². The van der Waals surface area contributed by atoms with Crippen molar-refractivity contribution in [3.63, 3.8) is 0 Å². The van der Waals surface area contributed by atoms with Gasteiger partial charge in [-0.2, -0.15) is 0 Å². The number of ether oxygens (including phenoxy) is 1. The highest BCUT2D eigenvalue weighted by atomic mass is 16.5. The average molecular weight is 242 g/mol. The number of nitrogens with two attached hydrogens (primary N) is 1. The molecule has 2 N–H and O–H groups in total. The minimum absolute atomic E-state index is 0.130. The van der Waals surface area contributed by atoms with Gasteiger partial charge < -0.3 is 10.5 Å². The van der Waals surface area contributed by atoms with E-state index in [1.807, 2.05) is 14.0 Å². The zero-order chi connectivity index (χ0) is 12.7. The molecule has 1 rings (SSSR count). The first-order valence-electron chi connectivity index (χ1n) is 6.75. The maximum absolute atomic E-state index is 11.5. The molecule has 0 amide bonds. The van der Waals surface area contributed by atoms with Gasteiger partial charge in [-0.15, -0.1) is 0 Å². The molecule has 0 aromatic rings. The summed E-state index contributed by atoms with van der Waals surface area (Å²) in [5, 5.41) is 0. The Labute approximate surface area is 104 Å². The van der Waals surface area contributed by atoms with Crippen molar-refractivity contribution in [3.05, 3.63) is 0 Å². The van der Waals surface area contributed by atoms with Crippen molar-refractivity contribution in [1.82, 2.24) is 4.90 Å². The van der Waals surface area contributed by atoms with Gasteiger partial charge in [-0.3, -0.25) is 9.69 Å². The number of carbonyl (C=O) groups is 1. The van der Waals surface area contributed by atoms with Gasteiger partial charge in [0.2, 0.25) is 0 Å². The fourth-order valence-electron chi connectivity index (χ4n) is 2.75. The second-order valence-electron chi connectivity index (χ2n) is 4.92. The van der Waals surface area contributed by atoms with E-state index in [0.29, 0.717) is 25.1 Å². The van der Waals surface area contributed by atoms with Crippen molar-refractivity contribution in [2.75, 3.05) is 26.7 Å². The molecule has 0 aliphatic heterocycles. The van der Waals surface area contributed by atoms with E-state index in [1.165, 1.54) is 25.7 Å². The summed E-state index contributed by atoms with van der Waals surface area (Å²) in [6.45, 7) is 3.40. The Kier molecular flexibility index (Phi) is 6.52. The maximum Gasteiger partial charge on any atom is 0.320 e. The number of rotatable bonds is 5. The third-order valence-corrected chi connectivity index (χ3v) is 3.67. The van der Waals surface area contributed by atoms with Gasteiger partial charge in [0.1, 0.15) is 0 Å². The van der Waals surface area contributed by atoms with Crippen LogP contribution in [0.2, 0.25) is 0 Å². The first kappa shape index (κ1) is 14.5. The molecule has 0 saturated heterocycles. The Hall–Kier alpha value is -0.610. The van der Waals surface area contributed by atoms with E-state index >= 15 is 0 Å². The molecule has 0 spiro atoms. The Balaban J connectivity index is 2.51. The van der Waals surface area contributed by atoms with Crippen molar-refractivity contribution >= 4 is 5.97 Å². The molecule has 100 valence electrons. The Morgan fingerprint density at radius 1 is 1.35 bits per heavy atom. The van der Waals surface area contributed by atoms with Crippen LogP contribution >= 0.6 is 0 Å². The molecule has 1 fully saturated rings. The number of nitrogens with zero attached hydrogens (tertiary/aromatic N) is 1. The normalized spacial score (nSPS) is 25.6. The average Bonchev–Trinajstić information content (AvgIpc) is 2.53. The summed E-state index contributed by atoms with van der Waals surface area (Å²) >= 11 is 0. The van der Waals surface area contributed by atoms with Crippen LogP contribution in [-0.4, -0.2) is 43.7 Å². The van der Waals surface area contributed by atoms with E-state index in [-0.39, 0.29) is 5.97 Å². The molecule has 2 atom stereocenters. The van der Waals surface area contributed by atoms with Gasteiger partial charge in [-0.25, -0.2) is 0 Å². The predicted molar refractivity (Wildman–Crippen MR) is 68.7 cm³/mol. The molecule has 0 bridgehead atoms. The van der Waals surface area contributed by atoms with Gasteiger partial charge in [0, 0.05) is 6.04 Å². The van der Waals surface area contributed by atoms with E-state index in [9.17, 15) is 4.79 Å². The largest absolute Gasteiger partial charge is 0.465 e. The van der Waals surface area contributed by atoms with Gasteiger partial charge in [0.15, 0.2) is 0 Å². The fourth-order valence-corrected chi connectivity index (χ4v) is 2.75. The highest BCUT2D eigenvalue weighted by Gasteiger charge is 2.27. The smallest absolute Gasteiger partial charge is 0.320 e. The van der Waals surface area contributed by atoms with Crippen LogP contribution in [0.1, 0.15) is 39.0 Å². The molecule has 0 aromatic carbocycles. The van der Waals surface area contributed by atoms with Crippen LogP contribution in [0.4, 0.5) is 0 Å². The fraction of sp³-hybridized carbons (Fsp3) is 0.923. The Morgan fingerprint density at radius 2 is 2.06 bits per heavy atom. The van der Waals surface area contributed by atoms with Crippen molar-refractivity contribution in [3.8, 4) is 0 Å². The van der Waals surface area contributed by atoms with Crippen LogP contribution in [0, 0.1) is 5.92 Å². The topological polar surface area (TPSA) is 55.6 Å². The first-order valence-corrected chi connectivity index (χ1v) is 6.75. The summed E-state index contributed by atoms with van der Waals surface area (Å²) < 4.78 is 4.99. The SMILES string of the molecule is CCOC(=O)CN(C)C1CCCCCC1CN. The lowest BCUT2D eigenvalue weighted by molar-refractivity contribution is -0.144. The van der Waals surface area contributed by atoms with Gasteiger partial charge in [0.25, 0.3) is 0 Å².